The first-order valence-electron chi connectivity index (χ1n) is 10.6. The number of nitrogens with one attached hydrogen (secondary N) is 1. The number of likely N-dealkylation sites (tertiary alicyclic amines) is 1. The van der Waals surface area contributed by atoms with Gasteiger partial charge in [-0.2, -0.15) is 8.42 Å². The number of carbonyl (C=O) groups is 1. The fourth-order valence-electron chi connectivity index (χ4n) is 4.01. The summed E-state index contributed by atoms with van der Waals surface area (Å²) in [5, 5.41) is 2.77. The average molecular weight is 444 g/mol. The van der Waals surface area contributed by atoms with Crippen LogP contribution in [0.15, 0.2) is 57.8 Å². The van der Waals surface area contributed by atoms with E-state index in [1.165, 1.54) is 18.2 Å². The van der Waals surface area contributed by atoms with E-state index in [-0.39, 0.29) is 28.5 Å². The third kappa shape index (κ3) is 4.95. The highest BCUT2D eigenvalue weighted by molar-refractivity contribution is 7.90. The Bertz CT molecular complexity index is 1120. The Morgan fingerprint density at radius 1 is 1.13 bits per heavy atom. The summed E-state index contributed by atoms with van der Waals surface area (Å²) in [4.78, 5) is 14.5. The Hall–Kier alpha value is -2.74. The molecular formula is C23H26FN3O3S. The summed E-state index contributed by atoms with van der Waals surface area (Å²) in [6, 6.07) is 12.6. The van der Waals surface area contributed by atoms with E-state index in [0.717, 1.165) is 25.8 Å². The largest absolute Gasteiger partial charge is 0.362 e. The highest BCUT2D eigenvalue weighted by Gasteiger charge is 2.45. The number of carbonyl (C=O) groups excluding carboxylic acids is 1. The molecule has 8 heteroatoms. The van der Waals surface area contributed by atoms with Crippen molar-refractivity contribution in [1.29, 1.82) is 0 Å². The molecule has 2 aromatic carbocycles. The number of halogens is 1. The molecule has 4 rings (SSSR count). The minimum Gasteiger partial charge on any atom is -0.362 e. The van der Waals surface area contributed by atoms with Crippen molar-refractivity contribution in [2.75, 3.05) is 18.9 Å². The Morgan fingerprint density at radius 2 is 1.94 bits per heavy atom. The Balaban J connectivity index is 1.47. The van der Waals surface area contributed by atoms with Gasteiger partial charge in [0.15, 0.2) is 0 Å². The lowest BCUT2D eigenvalue weighted by molar-refractivity contribution is -0.117. The molecule has 2 aliphatic rings. The molecule has 0 bridgehead atoms. The van der Waals surface area contributed by atoms with Gasteiger partial charge in [0.05, 0.1) is 4.90 Å². The maximum atomic E-state index is 14.0. The number of benzene rings is 2. The van der Waals surface area contributed by atoms with Crippen LogP contribution >= 0.6 is 0 Å². The molecule has 1 saturated heterocycles. The molecule has 2 unspecified atom stereocenters. The summed E-state index contributed by atoms with van der Waals surface area (Å²) in [6.07, 6.45) is 4.20. The number of amidine groups is 1. The summed E-state index contributed by atoms with van der Waals surface area (Å²) in [7, 11) is -2.03. The third-order valence-corrected chi connectivity index (χ3v) is 7.19. The molecule has 0 radical (unpaired) electrons. The number of hydrogen-bond acceptors (Lipinski definition) is 3. The smallest absolute Gasteiger partial charge is 0.284 e. The van der Waals surface area contributed by atoms with Gasteiger partial charge in [-0.15, -0.1) is 4.40 Å². The van der Waals surface area contributed by atoms with Crippen molar-refractivity contribution in [3.63, 3.8) is 0 Å². The Morgan fingerprint density at radius 3 is 2.74 bits per heavy atom. The molecule has 1 aliphatic carbocycles. The van der Waals surface area contributed by atoms with Gasteiger partial charge in [-0.05, 0) is 55.0 Å². The van der Waals surface area contributed by atoms with Crippen molar-refractivity contribution in [3.05, 3.63) is 59.9 Å². The van der Waals surface area contributed by atoms with Crippen molar-refractivity contribution in [3.8, 4) is 0 Å². The number of anilines is 1. The highest BCUT2D eigenvalue weighted by atomic mass is 32.2. The molecule has 6 nitrogen and oxygen atoms in total. The quantitative estimate of drug-likeness (QED) is 0.753. The predicted octanol–water partition coefficient (Wildman–Crippen LogP) is 4.16. The van der Waals surface area contributed by atoms with Crippen LogP contribution in [0.2, 0.25) is 0 Å². The molecule has 1 aliphatic heterocycles. The first kappa shape index (κ1) is 21.5. The zero-order chi connectivity index (χ0) is 22.0. The van der Waals surface area contributed by atoms with Crippen LogP contribution in [0, 0.1) is 11.7 Å². The van der Waals surface area contributed by atoms with Crippen LogP contribution in [0.4, 0.5) is 10.1 Å². The topological polar surface area (TPSA) is 78.8 Å². The van der Waals surface area contributed by atoms with E-state index in [2.05, 4.69) is 9.71 Å². The predicted molar refractivity (Wildman–Crippen MR) is 118 cm³/mol. The maximum absolute atomic E-state index is 14.0. The van der Waals surface area contributed by atoms with E-state index in [9.17, 15) is 17.6 Å². The maximum Gasteiger partial charge on any atom is 0.284 e. The van der Waals surface area contributed by atoms with Crippen molar-refractivity contribution in [1.82, 2.24) is 4.90 Å². The molecule has 1 N–H and O–H groups in total. The number of amides is 1. The van der Waals surface area contributed by atoms with Crippen LogP contribution in [-0.2, 0) is 14.8 Å². The van der Waals surface area contributed by atoms with Gasteiger partial charge < -0.3 is 10.2 Å². The summed E-state index contributed by atoms with van der Waals surface area (Å²) in [6.45, 7) is 0.787. The molecule has 1 amide bonds. The third-order valence-electron chi connectivity index (χ3n) is 5.89. The lowest BCUT2D eigenvalue weighted by atomic mass is 10.1. The summed E-state index contributed by atoms with van der Waals surface area (Å²) >= 11 is 0. The second-order valence-electron chi connectivity index (χ2n) is 8.20. The first-order valence-corrected chi connectivity index (χ1v) is 12.0. The fraction of sp³-hybridized carbons (Fsp3) is 0.391. The molecule has 2 fully saturated rings. The second-order valence-corrected chi connectivity index (χ2v) is 9.81. The lowest BCUT2D eigenvalue weighted by Gasteiger charge is -2.17. The van der Waals surface area contributed by atoms with E-state index >= 15 is 0 Å². The Kier molecular flexibility index (Phi) is 6.09. The van der Waals surface area contributed by atoms with E-state index in [4.69, 9.17) is 0 Å². The molecule has 31 heavy (non-hydrogen) atoms. The van der Waals surface area contributed by atoms with Gasteiger partial charge in [0.1, 0.15) is 11.7 Å². The summed E-state index contributed by atoms with van der Waals surface area (Å²) in [5.41, 5.74) is 0.932. The van der Waals surface area contributed by atoms with Gasteiger partial charge in [0.2, 0.25) is 5.91 Å². The fourth-order valence-corrected chi connectivity index (χ4v) is 5.15. The molecule has 2 atom stereocenters. The minimum absolute atomic E-state index is 0.0388. The van der Waals surface area contributed by atoms with Gasteiger partial charge in [0, 0.05) is 31.6 Å². The van der Waals surface area contributed by atoms with E-state index in [1.54, 1.807) is 30.3 Å². The van der Waals surface area contributed by atoms with Crippen molar-refractivity contribution in [2.24, 2.45) is 10.3 Å². The highest BCUT2D eigenvalue weighted by Crippen LogP contribution is 2.48. The first-order chi connectivity index (χ1) is 14.8. The zero-order valence-electron chi connectivity index (χ0n) is 17.4. The van der Waals surface area contributed by atoms with Crippen LogP contribution in [0.1, 0.15) is 43.6 Å². The number of rotatable bonds is 5. The van der Waals surface area contributed by atoms with Crippen LogP contribution in [0.3, 0.4) is 0 Å². The molecular weight excluding hydrogens is 417 g/mol. The van der Waals surface area contributed by atoms with Gasteiger partial charge in [-0.3, -0.25) is 4.79 Å². The monoisotopic (exact) mass is 443 g/mol. The van der Waals surface area contributed by atoms with Crippen LogP contribution in [-0.4, -0.2) is 38.7 Å². The Labute approximate surface area is 182 Å². The molecule has 1 heterocycles. The van der Waals surface area contributed by atoms with Gasteiger partial charge in [0.25, 0.3) is 10.0 Å². The van der Waals surface area contributed by atoms with Crippen LogP contribution in [0.5, 0.6) is 0 Å². The minimum atomic E-state index is -3.89. The summed E-state index contributed by atoms with van der Waals surface area (Å²) < 4.78 is 43.7. The van der Waals surface area contributed by atoms with Crippen LogP contribution in [0.25, 0.3) is 0 Å². The number of nitrogens with zero attached hydrogens (tertiary/aromatic N) is 2. The van der Waals surface area contributed by atoms with Gasteiger partial charge >= 0.3 is 0 Å². The van der Waals surface area contributed by atoms with E-state index in [0.29, 0.717) is 29.9 Å². The normalized spacial score (nSPS) is 22.8. The number of sulfonamides is 1. The lowest BCUT2D eigenvalue weighted by Crippen LogP contribution is -2.26. The number of hydrogen-bond donors (Lipinski definition) is 1. The van der Waals surface area contributed by atoms with E-state index < -0.39 is 10.0 Å². The molecule has 0 spiro atoms. The standard InChI is InChI=1S/C23H26FN3O3S/c1-27-13-6-2-3-12-22(27)26-31(29,30)17-9-7-8-16(14-17)25-23(28)20-15-19(20)18-10-4-5-11-21(18)24/h4-5,7-11,14,19-20H,2-3,6,12-13,15H2,1H3,(H,25,28)/b26-22+. The van der Waals surface area contributed by atoms with E-state index in [1.807, 2.05) is 11.9 Å². The van der Waals surface area contributed by atoms with Crippen molar-refractivity contribution < 1.29 is 17.6 Å². The summed E-state index contributed by atoms with van der Waals surface area (Å²) in [5.74, 6) is -0.448. The van der Waals surface area contributed by atoms with Crippen LogP contribution < -0.4 is 5.32 Å². The SMILES string of the molecule is CN1CCCCC/C1=N\S(=O)(=O)c1cccc(NC(=O)C2CC2c2ccccc2F)c1. The molecule has 164 valence electrons. The van der Waals surface area contributed by atoms with Gasteiger partial charge in [-0.25, -0.2) is 4.39 Å². The average Bonchev–Trinajstić information content (AvgIpc) is 3.55. The molecule has 2 aromatic rings. The second kappa shape index (κ2) is 8.78. The molecule has 1 saturated carbocycles. The van der Waals surface area contributed by atoms with Crippen molar-refractivity contribution in [2.45, 2.75) is 42.9 Å². The molecule has 0 aromatic heterocycles. The zero-order valence-corrected chi connectivity index (χ0v) is 18.2. The van der Waals surface area contributed by atoms with Gasteiger partial charge in [-0.1, -0.05) is 30.7 Å². The van der Waals surface area contributed by atoms with Crippen molar-refractivity contribution >= 4 is 27.5 Å².